The van der Waals surface area contributed by atoms with E-state index in [0.717, 1.165) is 11.5 Å². The summed E-state index contributed by atoms with van der Waals surface area (Å²) in [6, 6.07) is 14.5. The quantitative estimate of drug-likeness (QED) is 0.131. The molecule has 0 aliphatic heterocycles. The Labute approximate surface area is 203 Å². The number of rotatable bonds is 4. The molecular formula is C20H13N3NaO7S. The van der Waals surface area contributed by atoms with Crippen LogP contribution in [0.15, 0.2) is 75.8 Å². The smallest absolute Gasteiger partial charge is 0.295 e. The first-order valence-corrected chi connectivity index (χ1v) is 10.2. The van der Waals surface area contributed by atoms with Crippen LogP contribution in [0.1, 0.15) is 0 Å². The van der Waals surface area contributed by atoms with Gasteiger partial charge in [0.25, 0.3) is 15.8 Å². The van der Waals surface area contributed by atoms with Gasteiger partial charge in [0.15, 0.2) is 5.75 Å². The molecule has 10 nitrogen and oxygen atoms in total. The van der Waals surface area contributed by atoms with Crippen LogP contribution in [0.3, 0.4) is 0 Å². The molecule has 157 valence electrons. The Morgan fingerprint density at radius 2 is 1.59 bits per heavy atom. The molecule has 12 heteroatoms. The third kappa shape index (κ3) is 4.16. The van der Waals surface area contributed by atoms with Gasteiger partial charge in [0.2, 0.25) is 0 Å². The molecule has 32 heavy (non-hydrogen) atoms. The standard InChI is InChI=1S/C20H13N3O7S.Na/c24-16-10-17(31(28,29)30)18-13(6-3-7-15(18)23(26)27)19(16)22-21-14-9-8-11-4-1-2-5-12(11)20(14)25;/h1-10,24-25H,(H,28,29,30);. The molecule has 1 radical (unpaired) electrons. The molecule has 4 aromatic carbocycles. The first kappa shape index (κ1) is 23.6. The molecule has 0 aliphatic carbocycles. The molecule has 0 heterocycles. The summed E-state index contributed by atoms with van der Waals surface area (Å²) < 4.78 is 33.0. The predicted molar refractivity (Wildman–Crippen MR) is 118 cm³/mol. The fourth-order valence-electron chi connectivity index (χ4n) is 3.29. The average molecular weight is 462 g/mol. The average Bonchev–Trinajstić information content (AvgIpc) is 2.72. The van der Waals surface area contributed by atoms with E-state index >= 15 is 0 Å². The molecule has 0 spiro atoms. The Hall–Kier alpha value is -3.09. The zero-order chi connectivity index (χ0) is 22.3. The minimum absolute atomic E-state index is 0. The van der Waals surface area contributed by atoms with E-state index < -0.39 is 36.8 Å². The number of nitro groups is 1. The maximum atomic E-state index is 11.8. The summed E-state index contributed by atoms with van der Waals surface area (Å²) in [7, 11) is -4.90. The maximum Gasteiger partial charge on any atom is 0.295 e. The zero-order valence-corrected chi connectivity index (χ0v) is 19.3. The first-order chi connectivity index (χ1) is 14.7. The molecule has 3 N–H and O–H groups in total. The molecule has 4 rings (SSSR count). The molecule has 0 amide bonds. The number of phenols is 2. The molecule has 0 aliphatic rings. The fraction of sp³-hybridized carbons (Fsp3) is 0. The Balaban J connectivity index is 0.00000289. The third-order valence-corrected chi connectivity index (χ3v) is 5.54. The molecule has 0 bridgehead atoms. The topological polar surface area (TPSA) is 163 Å². The van der Waals surface area contributed by atoms with E-state index in [9.17, 15) is 33.3 Å². The number of nitrogens with zero attached hydrogens (tertiary/aromatic N) is 3. The van der Waals surface area contributed by atoms with Crippen LogP contribution in [0.5, 0.6) is 11.5 Å². The number of hydrogen-bond donors (Lipinski definition) is 3. The SMILES string of the molecule is O=[N+]([O-])c1cccc2c(N=Nc3ccc4ccccc4c3O)c(O)cc(S(=O)(=O)O)c12.[Na]. The van der Waals surface area contributed by atoms with Crippen molar-refractivity contribution in [2.24, 2.45) is 10.2 Å². The van der Waals surface area contributed by atoms with Crippen LogP contribution >= 0.6 is 0 Å². The molecule has 0 fully saturated rings. The van der Waals surface area contributed by atoms with Crippen molar-refractivity contribution in [3.8, 4) is 11.5 Å². The molecule has 0 unspecified atom stereocenters. The number of hydrogen-bond acceptors (Lipinski definition) is 8. The molecular weight excluding hydrogens is 449 g/mol. The summed E-state index contributed by atoms with van der Waals surface area (Å²) in [5, 5.41) is 40.8. The van der Waals surface area contributed by atoms with E-state index in [-0.39, 0.29) is 52.1 Å². The number of azo groups is 1. The predicted octanol–water partition coefficient (Wildman–Crippen LogP) is 4.59. The van der Waals surface area contributed by atoms with Gasteiger partial charge in [-0.15, -0.1) is 10.2 Å². The van der Waals surface area contributed by atoms with E-state index in [1.165, 1.54) is 18.2 Å². The van der Waals surface area contributed by atoms with E-state index in [2.05, 4.69) is 10.2 Å². The van der Waals surface area contributed by atoms with Gasteiger partial charge in [0.05, 0.1) is 10.3 Å². The Kier molecular flexibility index (Phi) is 6.49. The molecule has 0 aromatic heterocycles. The molecule has 0 atom stereocenters. The summed E-state index contributed by atoms with van der Waals surface area (Å²) >= 11 is 0. The van der Waals surface area contributed by atoms with Gasteiger partial charge in [-0.25, -0.2) is 0 Å². The fourth-order valence-corrected chi connectivity index (χ4v) is 4.02. The van der Waals surface area contributed by atoms with Crippen LogP contribution in [0.4, 0.5) is 17.1 Å². The van der Waals surface area contributed by atoms with Crippen LogP contribution in [0.25, 0.3) is 21.5 Å². The van der Waals surface area contributed by atoms with Crippen molar-refractivity contribution >= 4 is 78.3 Å². The van der Waals surface area contributed by atoms with E-state index in [1.807, 2.05) is 0 Å². The normalized spacial score (nSPS) is 11.7. The number of nitro benzene ring substituents is 1. The van der Waals surface area contributed by atoms with Crippen LogP contribution in [-0.4, -0.2) is 57.7 Å². The Morgan fingerprint density at radius 3 is 2.28 bits per heavy atom. The second-order valence-corrected chi connectivity index (χ2v) is 7.92. The monoisotopic (exact) mass is 462 g/mol. The number of phenolic OH excluding ortho intramolecular Hbond substituents is 2. The number of fused-ring (bicyclic) bond motifs is 2. The van der Waals surface area contributed by atoms with Crippen molar-refractivity contribution in [3.63, 3.8) is 0 Å². The largest absolute Gasteiger partial charge is 0.506 e. The van der Waals surface area contributed by atoms with Gasteiger partial charge in [-0.1, -0.05) is 42.5 Å². The first-order valence-electron chi connectivity index (χ1n) is 8.71. The Morgan fingerprint density at radius 1 is 0.906 bits per heavy atom. The molecule has 0 saturated heterocycles. The van der Waals surface area contributed by atoms with Gasteiger partial charge in [-0.3, -0.25) is 14.7 Å². The number of non-ortho nitro benzene ring substituents is 1. The second-order valence-electron chi connectivity index (χ2n) is 6.53. The van der Waals surface area contributed by atoms with Crippen LogP contribution in [0.2, 0.25) is 0 Å². The van der Waals surface area contributed by atoms with Gasteiger partial charge in [-0.05, 0) is 11.5 Å². The van der Waals surface area contributed by atoms with Crippen LogP contribution in [-0.2, 0) is 10.1 Å². The van der Waals surface area contributed by atoms with Gasteiger partial charge in [0, 0.05) is 52.5 Å². The summed E-state index contributed by atoms with van der Waals surface area (Å²) in [6.07, 6.45) is 0. The van der Waals surface area contributed by atoms with Crippen molar-refractivity contribution < 1.29 is 28.1 Å². The van der Waals surface area contributed by atoms with E-state index in [0.29, 0.717) is 11.5 Å². The van der Waals surface area contributed by atoms with Crippen LogP contribution in [0, 0.1) is 10.1 Å². The van der Waals surface area contributed by atoms with Gasteiger partial charge in [-0.2, -0.15) is 8.42 Å². The van der Waals surface area contributed by atoms with Crippen molar-refractivity contribution in [3.05, 3.63) is 70.8 Å². The number of aromatic hydroxyl groups is 2. The third-order valence-electron chi connectivity index (χ3n) is 4.67. The van der Waals surface area contributed by atoms with E-state index in [1.54, 1.807) is 30.3 Å². The van der Waals surface area contributed by atoms with Gasteiger partial charge >= 0.3 is 0 Å². The maximum absolute atomic E-state index is 11.8. The minimum Gasteiger partial charge on any atom is -0.506 e. The van der Waals surface area contributed by atoms with Crippen molar-refractivity contribution in [2.45, 2.75) is 4.90 Å². The minimum atomic E-state index is -4.90. The zero-order valence-electron chi connectivity index (χ0n) is 16.5. The molecule has 4 aromatic rings. The number of benzene rings is 4. The van der Waals surface area contributed by atoms with E-state index in [4.69, 9.17) is 0 Å². The van der Waals surface area contributed by atoms with Gasteiger partial charge in [0.1, 0.15) is 22.0 Å². The summed E-state index contributed by atoms with van der Waals surface area (Å²) in [6.45, 7) is 0. The molecule has 0 saturated carbocycles. The summed E-state index contributed by atoms with van der Waals surface area (Å²) in [5.41, 5.74) is -0.802. The van der Waals surface area contributed by atoms with Gasteiger partial charge < -0.3 is 10.2 Å². The summed E-state index contributed by atoms with van der Waals surface area (Å²) in [4.78, 5) is 9.77. The van der Waals surface area contributed by atoms with Crippen LogP contribution < -0.4 is 0 Å². The second kappa shape index (κ2) is 8.81. The van der Waals surface area contributed by atoms with Crippen molar-refractivity contribution in [1.29, 1.82) is 0 Å². The summed E-state index contributed by atoms with van der Waals surface area (Å²) in [5.74, 6) is -0.837. The van der Waals surface area contributed by atoms with Crippen molar-refractivity contribution in [2.75, 3.05) is 0 Å². The Bertz CT molecular complexity index is 1520. The van der Waals surface area contributed by atoms with Crippen molar-refractivity contribution in [1.82, 2.24) is 0 Å².